The third-order valence-electron chi connectivity index (χ3n) is 1.93. The second kappa shape index (κ2) is 3.89. The number of aromatic nitrogens is 3. The molecule has 0 spiro atoms. The van der Waals surface area contributed by atoms with E-state index in [4.69, 9.17) is 10.8 Å². The quantitative estimate of drug-likeness (QED) is 0.429. The maximum absolute atomic E-state index is 11.6. The molecule has 7 nitrogen and oxygen atoms in total. The highest BCUT2D eigenvalue weighted by molar-refractivity contribution is 6.04. The van der Waals surface area contributed by atoms with Crippen LogP contribution in [0.2, 0.25) is 0 Å². The Morgan fingerprint density at radius 2 is 2.31 bits per heavy atom. The van der Waals surface area contributed by atoms with Gasteiger partial charge in [-0.15, -0.1) is 0 Å². The number of rotatable bonds is 2. The second-order valence-corrected chi connectivity index (χ2v) is 3.08. The molecule has 0 fully saturated rings. The summed E-state index contributed by atoms with van der Waals surface area (Å²) in [5.74, 6) is -0.386. The fourth-order valence-corrected chi connectivity index (χ4v) is 1.16. The van der Waals surface area contributed by atoms with Crippen LogP contribution in [0.4, 0.5) is 11.4 Å². The van der Waals surface area contributed by atoms with Crippen molar-refractivity contribution in [3.63, 3.8) is 0 Å². The largest absolute Gasteiger partial charge is 0.508 e. The van der Waals surface area contributed by atoms with E-state index >= 15 is 0 Å². The molecule has 0 bridgehead atoms. The molecule has 0 saturated heterocycles. The monoisotopic (exact) mass is 219 g/mol. The number of H-pyrrole nitrogens is 1. The van der Waals surface area contributed by atoms with Gasteiger partial charge in [-0.2, -0.15) is 15.4 Å². The Morgan fingerprint density at radius 3 is 2.94 bits per heavy atom. The van der Waals surface area contributed by atoms with E-state index in [1.807, 2.05) is 0 Å². The number of carbonyl (C=O) groups excluding carboxylic acids is 1. The number of nitrogens with zero attached hydrogens (tertiary/aromatic N) is 2. The highest BCUT2D eigenvalue weighted by atomic mass is 16.3. The van der Waals surface area contributed by atoms with Crippen molar-refractivity contribution in [3.8, 4) is 5.75 Å². The molecule has 0 radical (unpaired) electrons. The summed E-state index contributed by atoms with van der Waals surface area (Å²) in [7, 11) is 0. The summed E-state index contributed by atoms with van der Waals surface area (Å²) < 4.78 is 0. The molecule has 2 aromatic rings. The molecular formula is C9H9N5O2. The Morgan fingerprint density at radius 1 is 1.50 bits per heavy atom. The Balaban J connectivity index is 2.18. The van der Waals surface area contributed by atoms with Crippen molar-refractivity contribution in [3.05, 3.63) is 30.1 Å². The third-order valence-corrected chi connectivity index (χ3v) is 1.93. The normalized spacial score (nSPS) is 10.0. The Hall–Kier alpha value is -2.57. The molecule has 1 heterocycles. The van der Waals surface area contributed by atoms with Crippen LogP contribution in [0.3, 0.4) is 0 Å². The zero-order valence-electron chi connectivity index (χ0n) is 8.14. The van der Waals surface area contributed by atoms with Gasteiger partial charge in [0, 0.05) is 6.07 Å². The van der Waals surface area contributed by atoms with Crippen LogP contribution >= 0.6 is 0 Å². The van der Waals surface area contributed by atoms with Crippen LogP contribution in [0.5, 0.6) is 5.75 Å². The van der Waals surface area contributed by atoms with E-state index in [1.54, 1.807) is 0 Å². The smallest absolute Gasteiger partial charge is 0.277 e. The molecule has 2 rings (SSSR count). The molecule has 5 N–H and O–H groups in total. The molecular weight excluding hydrogens is 210 g/mol. The lowest BCUT2D eigenvalue weighted by Gasteiger charge is -2.06. The zero-order chi connectivity index (χ0) is 11.5. The number of aromatic hydroxyl groups is 1. The molecule has 7 heteroatoms. The van der Waals surface area contributed by atoms with Crippen molar-refractivity contribution in [1.82, 2.24) is 15.4 Å². The Bertz CT molecular complexity index is 509. The predicted molar refractivity (Wildman–Crippen MR) is 56.9 cm³/mol. The SMILES string of the molecule is Nc1cc(O)ccc1NC(=O)c1cn[nH]n1. The lowest BCUT2D eigenvalue weighted by atomic mass is 10.2. The number of phenolic OH excluding ortho intramolecular Hbond substituents is 1. The minimum absolute atomic E-state index is 0.0388. The molecule has 0 atom stereocenters. The van der Waals surface area contributed by atoms with Crippen LogP contribution in [0.15, 0.2) is 24.4 Å². The number of phenols is 1. The van der Waals surface area contributed by atoms with Crippen molar-refractivity contribution < 1.29 is 9.90 Å². The van der Waals surface area contributed by atoms with Gasteiger partial charge in [-0.3, -0.25) is 4.79 Å². The predicted octanol–water partition coefficient (Wildman–Crippen LogP) is 0.345. The topological polar surface area (TPSA) is 117 Å². The van der Waals surface area contributed by atoms with Gasteiger partial charge in [0.15, 0.2) is 5.69 Å². The van der Waals surface area contributed by atoms with Gasteiger partial charge in [0.2, 0.25) is 0 Å². The summed E-state index contributed by atoms with van der Waals surface area (Å²) in [5.41, 5.74) is 6.45. The Labute approximate surface area is 90.3 Å². The average molecular weight is 219 g/mol. The molecule has 0 saturated carbocycles. The fourth-order valence-electron chi connectivity index (χ4n) is 1.16. The highest BCUT2D eigenvalue weighted by Gasteiger charge is 2.10. The van der Waals surface area contributed by atoms with Crippen molar-refractivity contribution >= 4 is 17.3 Å². The fraction of sp³-hybridized carbons (Fsp3) is 0. The summed E-state index contributed by atoms with van der Waals surface area (Å²) in [4.78, 5) is 11.6. The third kappa shape index (κ3) is 1.92. The van der Waals surface area contributed by atoms with Gasteiger partial charge in [-0.05, 0) is 12.1 Å². The molecule has 0 unspecified atom stereocenters. The van der Waals surface area contributed by atoms with Crippen LogP contribution in [0, 0.1) is 0 Å². The molecule has 1 aromatic carbocycles. The number of aromatic amines is 1. The van der Waals surface area contributed by atoms with Gasteiger partial charge >= 0.3 is 0 Å². The number of nitrogen functional groups attached to an aromatic ring is 1. The molecule has 0 aliphatic rings. The first kappa shape index (κ1) is 9.97. The number of amides is 1. The van der Waals surface area contributed by atoms with Gasteiger partial charge in [0.25, 0.3) is 5.91 Å². The van der Waals surface area contributed by atoms with E-state index in [0.29, 0.717) is 5.69 Å². The zero-order valence-corrected chi connectivity index (χ0v) is 8.14. The highest BCUT2D eigenvalue weighted by Crippen LogP contribution is 2.23. The first-order chi connectivity index (χ1) is 7.66. The number of carbonyl (C=O) groups is 1. The standard InChI is InChI=1S/C9H9N5O2/c10-6-3-5(15)1-2-7(6)12-9(16)8-4-11-14-13-8/h1-4,15H,10H2,(H,12,16)(H,11,13,14). The molecule has 0 aliphatic carbocycles. The number of hydrogen-bond acceptors (Lipinski definition) is 5. The van der Waals surface area contributed by atoms with Crippen LogP contribution in [-0.2, 0) is 0 Å². The van der Waals surface area contributed by atoms with Gasteiger partial charge in [-0.1, -0.05) is 0 Å². The summed E-state index contributed by atoms with van der Waals surface area (Å²) in [6.45, 7) is 0. The van der Waals surface area contributed by atoms with Crippen LogP contribution < -0.4 is 11.1 Å². The first-order valence-electron chi connectivity index (χ1n) is 4.42. The maximum Gasteiger partial charge on any atom is 0.277 e. The minimum Gasteiger partial charge on any atom is -0.508 e. The summed E-state index contributed by atoms with van der Waals surface area (Å²) in [6.07, 6.45) is 1.30. The van der Waals surface area contributed by atoms with E-state index in [-0.39, 0.29) is 17.1 Å². The number of hydrogen-bond donors (Lipinski definition) is 4. The van der Waals surface area contributed by atoms with Crippen molar-refractivity contribution in [2.24, 2.45) is 0 Å². The van der Waals surface area contributed by atoms with Crippen LogP contribution in [-0.4, -0.2) is 26.4 Å². The second-order valence-electron chi connectivity index (χ2n) is 3.08. The van der Waals surface area contributed by atoms with Crippen molar-refractivity contribution in [2.75, 3.05) is 11.1 Å². The molecule has 82 valence electrons. The molecule has 1 amide bonds. The van der Waals surface area contributed by atoms with Crippen molar-refractivity contribution in [1.29, 1.82) is 0 Å². The minimum atomic E-state index is -0.425. The van der Waals surface area contributed by atoms with Gasteiger partial charge in [0.05, 0.1) is 17.6 Å². The van der Waals surface area contributed by atoms with E-state index in [2.05, 4.69) is 20.7 Å². The van der Waals surface area contributed by atoms with Gasteiger partial charge in [-0.25, -0.2) is 0 Å². The van der Waals surface area contributed by atoms with E-state index in [0.717, 1.165) is 0 Å². The molecule has 16 heavy (non-hydrogen) atoms. The van der Waals surface area contributed by atoms with E-state index in [9.17, 15) is 4.79 Å². The van der Waals surface area contributed by atoms with Gasteiger partial charge < -0.3 is 16.2 Å². The molecule has 0 aliphatic heterocycles. The van der Waals surface area contributed by atoms with E-state index in [1.165, 1.54) is 24.4 Å². The number of benzene rings is 1. The average Bonchev–Trinajstić information content (AvgIpc) is 2.75. The summed E-state index contributed by atoms with van der Waals surface area (Å²) >= 11 is 0. The summed E-state index contributed by atoms with van der Waals surface area (Å²) in [6, 6.07) is 4.27. The lowest BCUT2D eigenvalue weighted by Crippen LogP contribution is -2.13. The number of anilines is 2. The van der Waals surface area contributed by atoms with Gasteiger partial charge in [0.1, 0.15) is 5.75 Å². The van der Waals surface area contributed by atoms with E-state index < -0.39 is 5.91 Å². The lowest BCUT2D eigenvalue weighted by molar-refractivity contribution is 0.102. The van der Waals surface area contributed by atoms with Crippen LogP contribution in [0.1, 0.15) is 10.5 Å². The van der Waals surface area contributed by atoms with Crippen molar-refractivity contribution in [2.45, 2.75) is 0 Å². The molecule has 1 aromatic heterocycles. The Kier molecular flexibility index (Phi) is 2.42. The number of nitrogens with one attached hydrogen (secondary N) is 2. The van der Waals surface area contributed by atoms with Crippen LogP contribution in [0.25, 0.3) is 0 Å². The summed E-state index contributed by atoms with van der Waals surface area (Å²) in [5, 5.41) is 21.1. The number of nitrogens with two attached hydrogens (primary N) is 1. The first-order valence-corrected chi connectivity index (χ1v) is 4.42. The maximum atomic E-state index is 11.6.